The van der Waals surface area contributed by atoms with E-state index in [0.717, 1.165) is 19.6 Å². The van der Waals surface area contributed by atoms with Crippen LogP contribution >= 0.6 is 11.3 Å². The molecule has 0 aliphatic rings. The Morgan fingerprint density at radius 2 is 2.10 bits per heavy atom. The molecule has 0 aliphatic heterocycles. The van der Waals surface area contributed by atoms with E-state index in [1.54, 1.807) is 0 Å². The zero-order valence-electron chi connectivity index (χ0n) is 13.1. The zero-order chi connectivity index (χ0) is 14.8. The fourth-order valence-electron chi connectivity index (χ4n) is 2.01. The quantitative estimate of drug-likeness (QED) is 0.615. The number of ether oxygens (including phenoxy) is 1. The normalized spacial score (nSPS) is 12.8. The number of aryl methyl sites for hydroxylation is 2. The minimum absolute atomic E-state index is 0.414. The maximum absolute atomic E-state index is 9.81. The summed E-state index contributed by atoms with van der Waals surface area (Å²) < 4.78 is 5.48. The summed E-state index contributed by atoms with van der Waals surface area (Å²) in [7, 11) is 0. The Kier molecular flexibility index (Phi) is 9.10. The van der Waals surface area contributed by atoms with Gasteiger partial charge in [-0.2, -0.15) is 0 Å². The van der Waals surface area contributed by atoms with Gasteiger partial charge in [0.2, 0.25) is 0 Å². The molecule has 1 aromatic heterocycles. The summed E-state index contributed by atoms with van der Waals surface area (Å²) in [5, 5.41) is 13.1. The Morgan fingerprint density at radius 3 is 2.75 bits per heavy atom. The first-order valence-electron chi connectivity index (χ1n) is 7.66. The number of unbranched alkanes of at least 4 members (excludes halogenated alkanes) is 3. The summed E-state index contributed by atoms with van der Waals surface area (Å²) in [5.41, 5.74) is 1.35. The fourth-order valence-corrected chi connectivity index (χ4v) is 3.03. The molecule has 0 saturated carbocycles. The highest BCUT2D eigenvalue weighted by molar-refractivity contribution is 7.12. The van der Waals surface area contributed by atoms with Gasteiger partial charge < -0.3 is 15.2 Å². The van der Waals surface area contributed by atoms with Crippen molar-refractivity contribution < 1.29 is 9.84 Å². The van der Waals surface area contributed by atoms with E-state index >= 15 is 0 Å². The molecular formula is C16H29NO2S. The van der Waals surface area contributed by atoms with Crippen molar-refractivity contribution in [2.75, 3.05) is 19.8 Å². The first-order valence-corrected chi connectivity index (χ1v) is 8.47. The minimum Gasteiger partial charge on any atom is -0.389 e. The molecule has 4 heteroatoms. The lowest BCUT2D eigenvalue weighted by Gasteiger charge is -2.12. The number of aliphatic hydroxyl groups excluding tert-OH is 1. The van der Waals surface area contributed by atoms with Crippen molar-refractivity contribution in [3.05, 3.63) is 21.4 Å². The molecule has 0 saturated heterocycles. The molecule has 0 bridgehead atoms. The Hall–Kier alpha value is -0.420. The SMILES string of the molecule is CCCCCCOCC(O)CNCc1cc(C)c(C)s1. The van der Waals surface area contributed by atoms with E-state index in [1.807, 2.05) is 11.3 Å². The van der Waals surface area contributed by atoms with E-state index in [2.05, 4.69) is 32.2 Å². The summed E-state index contributed by atoms with van der Waals surface area (Å²) in [5.74, 6) is 0. The van der Waals surface area contributed by atoms with Crippen LogP contribution in [0, 0.1) is 13.8 Å². The summed E-state index contributed by atoms with van der Waals surface area (Å²) in [6.45, 7) is 9.09. The molecule has 1 atom stereocenters. The van der Waals surface area contributed by atoms with Crippen LogP contribution in [0.5, 0.6) is 0 Å². The van der Waals surface area contributed by atoms with Crippen LogP contribution in [0.3, 0.4) is 0 Å². The summed E-state index contributed by atoms with van der Waals surface area (Å²) in [6, 6.07) is 2.21. The van der Waals surface area contributed by atoms with Crippen molar-refractivity contribution in [3.63, 3.8) is 0 Å². The molecule has 1 unspecified atom stereocenters. The van der Waals surface area contributed by atoms with Crippen LogP contribution in [0.1, 0.15) is 47.9 Å². The van der Waals surface area contributed by atoms with Crippen LogP contribution in [0.15, 0.2) is 6.07 Å². The second kappa shape index (κ2) is 10.3. The van der Waals surface area contributed by atoms with Crippen LogP contribution in [0.2, 0.25) is 0 Å². The van der Waals surface area contributed by atoms with Crippen LogP contribution in [0.25, 0.3) is 0 Å². The number of thiophene rings is 1. The number of nitrogens with one attached hydrogen (secondary N) is 1. The van der Waals surface area contributed by atoms with E-state index in [9.17, 15) is 5.11 Å². The molecule has 0 aromatic carbocycles. The fraction of sp³-hybridized carbons (Fsp3) is 0.750. The predicted octanol–water partition coefficient (Wildman–Crippen LogP) is 3.41. The monoisotopic (exact) mass is 299 g/mol. The summed E-state index contributed by atoms with van der Waals surface area (Å²) in [6.07, 6.45) is 4.42. The molecule has 3 nitrogen and oxygen atoms in total. The minimum atomic E-state index is -0.414. The van der Waals surface area contributed by atoms with Gasteiger partial charge in [-0.15, -0.1) is 11.3 Å². The van der Waals surface area contributed by atoms with E-state index in [1.165, 1.54) is 34.6 Å². The molecule has 0 spiro atoms. The molecule has 116 valence electrons. The van der Waals surface area contributed by atoms with Crippen LogP contribution in [-0.4, -0.2) is 31.0 Å². The molecule has 0 aliphatic carbocycles. The largest absolute Gasteiger partial charge is 0.389 e. The van der Waals surface area contributed by atoms with E-state index < -0.39 is 6.10 Å². The Balaban J connectivity index is 2.01. The maximum atomic E-state index is 9.81. The standard InChI is InChI=1S/C16H29NO2S/c1-4-5-6-7-8-19-12-15(18)10-17-11-16-9-13(2)14(3)20-16/h9,15,17-18H,4-8,10-12H2,1-3H3. The number of rotatable bonds is 11. The Morgan fingerprint density at radius 1 is 1.30 bits per heavy atom. The number of hydrogen-bond donors (Lipinski definition) is 2. The highest BCUT2D eigenvalue weighted by atomic mass is 32.1. The van der Waals surface area contributed by atoms with Crippen molar-refractivity contribution in [3.8, 4) is 0 Å². The summed E-state index contributed by atoms with van der Waals surface area (Å²) >= 11 is 1.82. The first-order chi connectivity index (χ1) is 9.63. The van der Waals surface area contributed by atoms with Crippen LogP contribution < -0.4 is 5.32 Å². The van der Waals surface area contributed by atoms with Gasteiger partial charge in [0.15, 0.2) is 0 Å². The van der Waals surface area contributed by atoms with Crippen molar-refractivity contribution in [2.45, 2.75) is 59.1 Å². The Bertz CT molecular complexity index is 346. The lowest BCUT2D eigenvalue weighted by atomic mass is 10.2. The van der Waals surface area contributed by atoms with Crippen LogP contribution in [0.4, 0.5) is 0 Å². The topological polar surface area (TPSA) is 41.5 Å². The molecule has 0 amide bonds. The maximum Gasteiger partial charge on any atom is 0.0897 e. The van der Waals surface area contributed by atoms with Crippen LogP contribution in [-0.2, 0) is 11.3 Å². The van der Waals surface area contributed by atoms with Gasteiger partial charge in [0.05, 0.1) is 12.7 Å². The smallest absolute Gasteiger partial charge is 0.0897 e. The number of hydrogen-bond acceptors (Lipinski definition) is 4. The lowest BCUT2D eigenvalue weighted by Crippen LogP contribution is -2.30. The molecule has 1 rings (SSSR count). The van der Waals surface area contributed by atoms with Crippen molar-refractivity contribution in [1.82, 2.24) is 5.32 Å². The third-order valence-electron chi connectivity index (χ3n) is 3.35. The highest BCUT2D eigenvalue weighted by Crippen LogP contribution is 2.20. The molecule has 2 N–H and O–H groups in total. The average molecular weight is 299 g/mol. The third-order valence-corrected chi connectivity index (χ3v) is 4.50. The predicted molar refractivity (Wildman–Crippen MR) is 86.5 cm³/mol. The molecule has 20 heavy (non-hydrogen) atoms. The highest BCUT2D eigenvalue weighted by Gasteiger charge is 2.05. The molecule has 0 radical (unpaired) electrons. The van der Waals surface area contributed by atoms with Gasteiger partial charge in [-0.05, 0) is 31.9 Å². The van der Waals surface area contributed by atoms with Gasteiger partial charge in [-0.3, -0.25) is 0 Å². The molecule has 0 fully saturated rings. The van der Waals surface area contributed by atoms with Gasteiger partial charge in [-0.1, -0.05) is 26.2 Å². The van der Waals surface area contributed by atoms with E-state index in [-0.39, 0.29) is 0 Å². The van der Waals surface area contributed by atoms with Crippen molar-refractivity contribution in [2.24, 2.45) is 0 Å². The van der Waals surface area contributed by atoms with E-state index in [0.29, 0.717) is 13.2 Å². The van der Waals surface area contributed by atoms with Gasteiger partial charge >= 0.3 is 0 Å². The second-order valence-electron chi connectivity index (χ2n) is 5.37. The average Bonchev–Trinajstić information content (AvgIpc) is 2.73. The summed E-state index contributed by atoms with van der Waals surface area (Å²) in [4.78, 5) is 2.70. The molecule has 1 aromatic rings. The van der Waals surface area contributed by atoms with Gasteiger partial charge in [-0.25, -0.2) is 0 Å². The molecule has 1 heterocycles. The Labute approximate surface area is 127 Å². The van der Waals surface area contributed by atoms with Crippen molar-refractivity contribution >= 4 is 11.3 Å². The second-order valence-corrected chi connectivity index (χ2v) is 6.71. The lowest BCUT2D eigenvalue weighted by molar-refractivity contribution is 0.0353. The first kappa shape index (κ1) is 17.6. The van der Waals surface area contributed by atoms with Gasteiger partial charge in [0, 0.05) is 29.5 Å². The van der Waals surface area contributed by atoms with Gasteiger partial charge in [0.1, 0.15) is 0 Å². The number of aliphatic hydroxyl groups is 1. The molecular weight excluding hydrogens is 270 g/mol. The third kappa shape index (κ3) is 7.39. The zero-order valence-corrected chi connectivity index (χ0v) is 13.9. The van der Waals surface area contributed by atoms with Gasteiger partial charge in [0.25, 0.3) is 0 Å². The van der Waals surface area contributed by atoms with E-state index in [4.69, 9.17) is 4.74 Å². The van der Waals surface area contributed by atoms with Crippen molar-refractivity contribution in [1.29, 1.82) is 0 Å².